The van der Waals surface area contributed by atoms with Gasteiger partial charge in [0.1, 0.15) is 0 Å². The average Bonchev–Trinajstić information content (AvgIpc) is 2.28. The van der Waals surface area contributed by atoms with Crippen molar-refractivity contribution in [2.45, 2.75) is 19.1 Å². The molecule has 0 fully saturated rings. The van der Waals surface area contributed by atoms with Gasteiger partial charge in [0.25, 0.3) is 0 Å². The van der Waals surface area contributed by atoms with Crippen molar-refractivity contribution in [1.29, 1.82) is 0 Å². The summed E-state index contributed by atoms with van der Waals surface area (Å²) in [4.78, 5) is 17.3. The molecular weight excluding hydrogens is 220 g/mol. The number of likely N-dealkylation sites (N-methyl/N-ethyl adjacent to an activating group) is 1. The van der Waals surface area contributed by atoms with Gasteiger partial charge in [-0.15, -0.1) is 0 Å². The first-order valence-electron chi connectivity index (χ1n) is 5.35. The minimum Gasteiger partial charge on any atom is -0.467 e. The highest BCUT2D eigenvalue weighted by molar-refractivity contribution is 5.78. The zero-order valence-electron chi connectivity index (χ0n) is 10.4. The standard InChI is InChI=1S/C12H18N2O3/c1-12(16,11(15)17-3)9-14(2)8-10-6-4-5-7-13-10/h4-7,16H,8-9H2,1-3H3. The summed E-state index contributed by atoms with van der Waals surface area (Å²) >= 11 is 0. The molecule has 1 N–H and O–H groups in total. The highest BCUT2D eigenvalue weighted by Gasteiger charge is 2.32. The first kappa shape index (κ1) is 13.6. The Kier molecular flexibility index (Phi) is 4.60. The van der Waals surface area contributed by atoms with E-state index in [1.807, 2.05) is 30.1 Å². The molecule has 1 atom stereocenters. The smallest absolute Gasteiger partial charge is 0.338 e. The third-order valence-electron chi connectivity index (χ3n) is 2.36. The molecule has 0 bridgehead atoms. The number of hydrogen-bond acceptors (Lipinski definition) is 5. The first-order valence-corrected chi connectivity index (χ1v) is 5.35. The maximum absolute atomic E-state index is 11.3. The van der Waals surface area contributed by atoms with Gasteiger partial charge in [0.15, 0.2) is 5.60 Å². The van der Waals surface area contributed by atoms with E-state index < -0.39 is 11.6 Å². The summed E-state index contributed by atoms with van der Waals surface area (Å²) in [7, 11) is 3.07. The number of carbonyl (C=O) groups excluding carboxylic acids is 1. The number of methoxy groups -OCH3 is 1. The average molecular weight is 238 g/mol. The van der Waals surface area contributed by atoms with Gasteiger partial charge in [-0.05, 0) is 26.1 Å². The summed E-state index contributed by atoms with van der Waals surface area (Å²) in [5.74, 6) is -0.634. The Balaban J connectivity index is 2.55. The Morgan fingerprint density at radius 3 is 2.82 bits per heavy atom. The molecule has 0 radical (unpaired) electrons. The fourth-order valence-electron chi connectivity index (χ4n) is 1.63. The van der Waals surface area contributed by atoms with E-state index in [0.29, 0.717) is 6.54 Å². The van der Waals surface area contributed by atoms with Gasteiger partial charge in [-0.3, -0.25) is 9.88 Å². The molecule has 1 heterocycles. The third kappa shape index (κ3) is 4.13. The molecule has 1 aromatic rings. The van der Waals surface area contributed by atoms with Crippen LogP contribution in [0.4, 0.5) is 0 Å². The van der Waals surface area contributed by atoms with Gasteiger partial charge in [-0.25, -0.2) is 4.79 Å². The lowest BCUT2D eigenvalue weighted by molar-refractivity contribution is -0.162. The predicted molar refractivity (Wildman–Crippen MR) is 63.2 cm³/mol. The van der Waals surface area contributed by atoms with E-state index in [2.05, 4.69) is 9.72 Å². The van der Waals surface area contributed by atoms with Crippen LogP contribution in [-0.4, -0.2) is 47.3 Å². The Morgan fingerprint density at radius 1 is 1.59 bits per heavy atom. The molecule has 5 nitrogen and oxygen atoms in total. The Labute approximate surface area is 101 Å². The SMILES string of the molecule is COC(=O)C(C)(O)CN(C)Cc1ccccn1. The van der Waals surface area contributed by atoms with Crippen molar-refractivity contribution in [2.75, 3.05) is 20.7 Å². The van der Waals surface area contributed by atoms with E-state index in [0.717, 1.165) is 5.69 Å². The molecule has 0 amide bonds. The number of rotatable bonds is 5. The lowest BCUT2D eigenvalue weighted by Gasteiger charge is -2.26. The molecule has 94 valence electrons. The van der Waals surface area contributed by atoms with Crippen molar-refractivity contribution in [3.8, 4) is 0 Å². The number of esters is 1. The van der Waals surface area contributed by atoms with Crippen LogP contribution in [0.1, 0.15) is 12.6 Å². The minimum atomic E-state index is -1.50. The monoisotopic (exact) mass is 238 g/mol. The quantitative estimate of drug-likeness (QED) is 0.754. The molecule has 0 aromatic carbocycles. The van der Waals surface area contributed by atoms with E-state index in [4.69, 9.17) is 0 Å². The van der Waals surface area contributed by atoms with Crippen LogP contribution in [0.2, 0.25) is 0 Å². The summed E-state index contributed by atoms with van der Waals surface area (Å²) in [5, 5.41) is 9.89. The van der Waals surface area contributed by atoms with Crippen molar-refractivity contribution in [2.24, 2.45) is 0 Å². The zero-order valence-corrected chi connectivity index (χ0v) is 10.4. The normalized spacial score (nSPS) is 14.4. The number of ether oxygens (including phenoxy) is 1. The van der Waals surface area contributed by atoms with E-state index in [1.54, 1.807) is 6.20 Å². The van der Waals surface area contributed by atoms with Crippen LogP contribution in [0.15, 0.2) is 24.4 Å². The van der Waals surface area contributed by atoms with Crippen molar-refractivity contribution in [1.82, 2.24) is 9.88 Å². The van der Waals surface area contributed by atoms with Gasteiger partial charge in [-0.2, -0.15) is 0 Å². The topological polar surface area (TPSA) is 62.7 Å². The van der Waals surface area contributed by atoms with Crippen molar-refractivity contribution < 1.29 is 14.6 Å². The summed E-state index contributed by atoms with van der Waals surface area (Å²) in [6.07, 6.45) is 1.71. The number of nitrogens with zero attached hydrogens (tertiary/aromatic N) is 2. The van der Waals surface area contributed by atoms with Crippen molar-refractivity contribution >= 4 is 5.97 Å². The molecule has 0 aliphatic carbocycles. The molecule has 0 aliphatic rings. The van der Waals surface area contributed by atoms with Crippen molar-refractivity contribution in [3.05, 3.63) is 30.1 Å². The lowest BCUT2D eigenvalue weighted by Crippen LogP contribution is -2.46. The second kappa shape index (κ2) is 5.75. The number of pyridine rings is 1. The molecule has 1 aromatic heterocycles. The van der Waals surface area contributed by atoms with E-state index in [-0.39, 0.29) is 6.54 Å². The van der Waals surface area contributed by atoms with Crippen LogP contribution in [0.5, 0.6) is 0 Å². The first-order chi connectivity index (χ1) is 7.95. The summed E-state index contributed by atoms with van der Waals surface area (Å²) < 4.78 is 4.53. The van der Waals surface area contributed by atoms with Crippen LogP contribution in [0, 0.1) is 0 Å². The number of carbonyl (C=O) groups is 1. The van der Waals surface area contributed by atoms with Gasteiger partial charge >= 0.3 is 5.97 Å². The minimum absolute atomic E-state index is 0.191. The molecule has 5 heteroatoms. The molecule has 0 aliphatic heterocycles. The maximum atomic E-state index is 11.3. The zero-order chi connectivity index (χ0) is 12.9. The second-order valence-corrected chi connectivity index (χ2v) is 4.26. The van der Waals surface area contributed by atoms with E-state index in [9.17, 15) is 9.90 Å². The lowest BCUT2D eigenvalue weighted by atomic mass is 10.1. The molecule has 0 saturated heterocycles. The summed E-state index contributed by atoms with van der Waals surface area (Å²) in [6, 6.07) is 5.63. The number of aromatic nitrogens is 1. The maximum Gasteiger partial charge on any atom is 0.338 e. The highest BCUT2D eigenvalue weighted by Crippen LogP contribution is 2.09. The Bertz CT molecular complexity index is 365. The van der Waals surface area contributed by atoms with Crippen molar-refractivity contribution in [3.63, 3.8) is 0 Å². The van der Waals surface area contributed by atoms with E-state index in [1.165, 1.54) is 14.0 Å². The second-order valence-electron chi connectivity index (χ2n) is 4.26. The Morgan fingerprint density at radius 2 is 2.29 bits per heavy atom. The molecule has 1 unspecified atom stereocenters. The number of aliphatic hydroxyl groups is 1. The summed E-state index contributed by atoms with van der Waals surface area (Å²) in [5.41, 5.74) is -0.617. The van der Waals surface area contributed by atoms with Gasteiger partial charge in [0.05, 0.1) is 12.8 Å². The van der Waals surface area contributed by atoms with E-state index >= 15 is 0 Å². The van der Waals surface area contributed by atoms with Crippen LogP contribution in [-0.2, 0) is 16.1 Å². The van der Waals surface area contributed by atoms with Crippen LogP contribution in [0.25, 0.3) is 0 Å². The molecule has 0 spiro atoms. The fourth-order valence-corrected chi connectivity index (χ4v) is 1.63. The van der Waals surface area contributed by atoms with Crippen LogP contribution >= 0.6 is 0 Å². The predicted octanol–water partition coefficient (Wildman–Crippen LogP) is 0.437. The molecule has 0 saturated carbocycles. The largest absolute Gasteiger partial charge is 0.467 e. The molecular formula is C12H18N2O3. The van der Waals surface area contributed by atoms with Gasteiger partial charge in [0.2, 0.25) is 0 Å². The van der Waals surface area contributed by atoms with Gasteiger partial charge < -0.3 is 9.84 Å². The summed E-state index contributed by atoms with van der Waals surface area (Å²) in [6.45, 7) is 2.19. The number of hydrogen-bond donors (Lipinski definition) is 1. The van der Waals surface area contributed by atoms with Crippen LogP contribution in [0.3, 0.4) is 0 Å². The Hall–Kier alpha value is -1.46. The van der Waals surface area contributed by atoms with Gasteiger partial charge in [0, 0.05) is 19.3 Å². The van der Waals surface area contributed by atoms with Gasteiger partial charge in [-0.1, -0.05) is 6.07 Å². The van der Waals surface area contributed by atoms with Crippen LogP contribution < -0.4 is 0 Å². The highest BCUT2D eigenvalue weighted by atomic mass is 16.5. The fraction of sp³-hybridized carbons (Fsp3) is 0.500. The molecule has 1 rings (SSSR count). The molecule has 17 heavy (non-hydrogen) atoms. The third-order valence-corrected chi connectivity index (χ3v) is 2.36.